The molecular weight excluding hydrogens is 439 g/mol. The van der Waals surface area contributed by atoms with Crippen molar-refractivity contribution in [1.82, 2.24) is 9.03 Å². The maximum atomic E-state index is 12.8. The fourth-order valence-corrected chi connectivity index (χ4v) is 7.25. The molecule has 2 aromatic rings. The molecule has 1 fully saturated rings. The van der Waals surface area contributed by atoms with Gasteiger partial charge in [-0.25, -0.2) is 21.6 Å². The second-order valence-corrected chi connectivity index (χ2v) is 11.4. The van der Waals surface area contributed by atoms with E-state index in [0.717, 1.165) is 11.3 Å². The topological polar surface area (TPSA) is 83.6 Å². The van der Waals surface area contributed by atoms with Crippen LogP contribution in [0.2, 0.25) is 10.0 Å². The van der Waals surface area contributed by atoms with E-state index in [2.05, 4.69) is 4.72 Å². The summed E-state index contributed by atoms with van der Waals surface area (Å²) in [5.74, 6) is 0. The van der Waals surface area contributed by atoms with Gasteiger partial charge in [-0.2, -0.15) is 4.31 Å². The van der Waals surface area contributed by atoms with Gasteiger partial charge in [0, 0.05) is 19.1 Å². The van der Waals surface area contributed by atoms with Crippen molar-refractivity contribution in [2.45, 2.75) is 28.0 Å². The first kappa shape index (κ1) is 20.1. The second-order valence-electron chi connectivity index (χ2n) is 5.78. The first-order valence-corrected chi connectivity index (χ1v) is 12.3. The van der Waals surface area contributed by atoms with E-state index < -0.39 is 20.0 Å². The van der Waals surface area contributed by atoms with Crippen molar-refractivity contribution in [3.63, 3.8) is 0 Å². The Hall–Kier alpha value is -0.680. The summed E-state index contributed by atoms with van der Waals surface area (Å²) in [7, 11) is -7.36. The molecule has 1 aliphatic heterocycles. The van der Waals surface area contributed by atoms with E-state index in [0.29, 0.717) is 12.8 Å². The van der Waals surface area contributed by atoms with Gasteiger partial charge in [0.25, 0.3) is 0 Å². The molecule has 0 unspecified atom stereocenters. The van der Waals surface area contributed by atoms with E-state index in [4.69, 9.17) is 23.2 Å². The molecule has 2 heterocycles. The average Bonchev–Trinajstić information content (AvgIpc) is 3.13. The van der Waals surface area contributed by atoms with Gasteiger partial charge < -0.3 is 0 Å². The van der Waals surface area contributed by atoms with Gasteiger partial charge in [-0.1, -0.05) is 35.3 Å². The molecule has 1 aromatic carbocycles. The lowest BCUT2D eigenvalue weighted by Crippen LogP contribution is -2.46. The minimum atomic E-state index is -3.78. The molecule has 0 spiro atoms. The summed E-state index contributed by atoms with van der Waals surface area (Å²) in [6, 6.07) is 7.35. The van der Waals surface area contributed by atoms with Crippen LogP contribution in [-0.4, -0.2) is 40.3 Å². The van der Waals surface area contributed by atoms with Crippen molar-refractivity contribution in [2.24, 2.45) is 0 Å². The number of thiophene rings is 1. The lowest BCUT2D eigenvalue weighted by Gasteiger charge is -2.31. The Morgan fingerprint density at radius 2 is 1.73 bits per heavy atom. The Labute approximate surface area is 166 Å². The summed E-state index contributed by atoms with van der Waals surface area (Å²) in [6.45, 7) is 0.394. The molecule has 0 radical (unpaired) electrons. The van der Waals surface area contributed by atoms with Crippen LogP contribution >= 0.6 is 34.5 Å². The third-order valence-corrected chi connectivity index (χ3v) is 9.86. The molecule has 0 aliphatic carbocycles. The van der Waals surface area contributed by atoms with Gasteiger partial charge in [0.15, 0.2) is 0 Å². The lowest BCUT2D eigenvalue weighted by atomic mass is 10.1. The van der Waals surface area contributed by atoms with Crippen LogP contribution in [0.25, 0.3) is 0 Å². The fraction of sp³-hybridized carbons (Fsp3) is 0.333. The smallest absolute Gasteiger partial charge is 0.207 e. The van der Waals surface area contributed by atoms with Crippen molar-refractivity contribution >= 4 is 54.6 Å². The SMILES string of the molecule is O=S(=O)(NC1CCN(S(=O)(=O)c2cccc(Cl)c2Cl)CC1)c1cccs1. The first-order valence-electron chi connectivity index (χ1n) is 7.72. The molecular formula is C15H16Cl2N2O4S3. The Bertz CT molecular complexity index is 984. The van der Waals surface area contributed by atoms with Crippen LogP contribution in [0, 0.1) is 0 Å². The van der Waals surface area contributed by atoms with Crippen molar-refractivity contribution in [3.05, 3.63) is 45.8 Å². The summed E-state index contributed by atoms with van der Waals surface area (Å²) in [5, 5.41) is 1.86. The standard InChI is InChI=1S/C15H16Cl2N2O4S3/c16-12-3-1-4-13(15(12)17)26(22,23)19-8-6-11(7-9-19)18-25(20,21)14-5-2-10-24-14/h1-5,10-11,18H,6-9H2. The average molecular weight is 455 g/mol. The summed E-state index contributed by atoms with van der Waals surface area (Å²) in [6.07, 6.45) is 0.754. The Balaban J connectivity index is 1.69. The molecule has 1 aromatic heterocycles. The fourth-order valence-electron chi connectivity index (χ4n) is 2.73. The molecule has 0 atom stereocenters. The first-order chi connectivity index (χ1) is 12.2. The number of hydrogen-bond donors (Lipinski definition) is 1. The van der Waals surface area contributed by atoms with Gasteiger partial charge in [-0.05, 0) is 36.4 Å². The molecule has 11 heteroatoms. The highest BCUT2D eigenvalue weighted by Crippen LogP contribution is 2.32. The van der Waals surface area contributed by atoms with E-state index in [1.54, 1.807) is 11.4 Å². The Morgan fingerprint density at radius 1 is 1.04 bits per heavy atom. The number of benzene rings is 1. The van der Waals surface area contributed by atoms with Crippen LogP contribution in [0.4, 0.5) is 0 Å². The maximum Gasteiger partial charge on any atom is 0.250 e. The number of rotatable bonds is 5. The van der Waals surface area contributed by atoms with Crippen LogP contribution < -0.4 is 4.72 Å². The van der Waals surface area contributed by atoms with Crippen molar-refractivity contribution < 1.29 is 16.8 Å². The van der Waals surface area contributed by atoms with Crippen LogP contribution in [0.15, 0.2) is 44.8 Å². The zero-order valence-corrected chi connectivity index (χ0v) is 17.4. The summed E-state index contributed by atoms with van der Waals surface area (Å²) in [4.78, 5) is -0.0377. The summed E-state index contributed by atoms with van der Waals surface area (Å²) in [5.41, 5.74) is 0. The van der Waals surface area contributed by atoms with Gasteiger partial charge in [-0.3, -0.25) is 0 Å². The quantitative estimate of drug-likeness (QED) is 0.751. The second kappa shape index (κ2) is 7.75. The number of nitrogens with zero attached hydrogens (tertiary/aromatic N) is 1. The molecule has 0 saturated carbocycles. The normalized spacial score (nSPS) is 17.5. The van der Waals surface area contributed by atoms with Crippen molar-refractivity contribution in [2.75, 3.05) is 13.1 Å². The summed E-state index contributed by atoms with van der Waals surface area (Å²) >= 11 is 13.1. The van der Waals surface area contributed by atoms with Gasteiger partial charge in [0.2, 0.25) is 20.0 Å². The lowest BCUT2D eigenvalue weighted by molar-refractivity contribution is 0.308. The van der Waals surface area contributed by atoms with Gasteiger partial charge in [0.05, 0.1) is 10.0 Å². The number of nitrogens with one attached hydrogen (secondary N) is 1. The molecule has 1 N–H and O–H groups in total. The van der Waals surface area contributed by atoms with E-state index in [1.165, 1.54) is 28.6 Å². The molecule has 3 rings (SSSR count). The largest absolute Gasteiger partial charge is 0.250 e. The van der Waals surface area contributed by atoms with Crippen molar-refractivity contribution in [1.29, 1.82) is 0 Å². The van der Waals surface area contributed by atoms with Gasteiger partial charge in [0.1, 0.15) is 9.10 Å². The minimum Gasteiger partial charge on any atom is -0.207 e. The molecule has 6 nitrogen and oxygen atoms in total. The molecule has 26 heavy (non-hydrogen) atoms. The third kappa shape index (κ3) is 4.09. The van der Waals surface area contributed by atoms with Crippen molar-refractivity contribution in [3.8, 4) is 0 Å². The van der Waals surface area contributed by atoms with Gasteiger partial charge >= 0.3 is 0 Å². The van der Waals surface area contributed by atoms with Crippen LogP contribution in [0.1, 0.15) is 12.8 Å². The third-order valence-electron chi connectivity index (χ3n) is 4.07. The molecule has 1 aliphatic rings. The highest BCUT2D eigenvalue weighted by Gasteiger charge is 2.33. The number of piperidine rings is 1. The monoisotopic (exact) mass is 454 g/mol. The Kier molecular flexibility index (Phi) is 5.98. The predicted octanol–water partition coefficient (Wildman–Crippen LogP) is 3.19. The zero-order chi connectivity index (χ0) is 18.9. The number of sulfonamides is 2. The maximum absolute atomic E-state index is 12.8. The van der Waals surface area contributed by atoms with E-state index >= 15 is 0 Å². The van der Waals surface area contributed by atoms with Gasteiger partial charge in [-0.15, -0.1) is 11.3 Å². The van der Waals surface area contributed by atoms with E-state index in [-0.39, 0.29) is 38.3 Å². The Morgan fingerprint density at radius 3 is 2.35 bits per heavy atom. The van der Waals surface area contributed by atoms with Crippen LogP contribution in [0.3, 0.4) is 0 Å². The number of halogens is 2. The van der Waals surface area contributed by atoms with Crippen LogP contribution in [0.5, 0.6) is 0 Å². The molecule has 0 amide bonds. The zero-order valence-electron chi connectivity index (χ0n) is 13.4. The predicted molar refractivity (Wildman–Crippen MR) is 103 cm³/mol. The molecule has 0 bridgehead atoms. The molecule has 1 saturated heterocycles. The number of hydrogen-bond acceptors (Lipinski definition) is 5. The minimum absolute atomic E-state index is 0.00492. The van der Waals surface area contributed by atoms with Crippen LogP contribution in [-0.2, 0) is 20.0 Å². The summed E-state index contributed by atoms with van der Waals surface area (Å²) < 4.78 is 54.3. The van der Waals surface area contributed by atoms with E-state index in [1.807, 2.05) is 0 Å². The highest BCUT2D eigenvalue weighted by atomic mass is 35.5. The highest BCUT2D eigenvalue weighted by molar-refractivity contribution is 7.91. The molecule has 142 valence electrons. The van der Waals surface area contributed by atoms with E-state index in [9.17, 15) is 16.8 Å².